The molecule has 3 nitrogen and oxygen atoms in total. The van der Waals surface area contributed by atoms with E-state index in [0.717, 1.165) is 30.3 Å². The minimum absolute atomic E-state index is 0.680. The van der Waals surface area contributed by atoms with Gasteiger partial charge in [0.15, 0.2) is 5.96 Å². The summed E-state index contributed by atoms with van der Waals surface area (Å²) >= 11 is 0. The topological polar surface area (TPSA) is 27.6 Å². The van der Waals surface area contributed by atoms with E-state index in [4.69, 9.17) is 0 Å². The van der Waals surface area contributed by atoms with Crippen LogP contribution in [0.1, 0.15) is 47.0 Å². The van der Waals surface area contributed by atoms with Crippen LogP contribution >= 0.6 is 0 Å². The molecule has 1 saturated carbocycles. The van der Waals surface area contributed by atoms with Crippen LogP contribution in [0.2, 0.25) is 0 Å². The second-order valence-electron chi connectivity index (χ2n) is 6.49. The lowest BCUT2D eigenvalue weighted by atomic mass is 9.97. The molecule has 0 aromatic heterocycles. The van der Waals surface area contributed by atoms with E-state index in [9.17, 15) is 0 Å². The molecule has 1 N–H and O–H groups in total. The standard InChI is InChI=1S/C15H29N3/c1-5-16-15(17-14-9-12(14)4)18-7-6-13(10-18)8-11(2)3/h11-14H,5-10H2,1-4H3,(H,16,17). The van der Waals surface area contributed by atoms with Crippen LogP contribution < -0.4 is 5.32 Å². The van der Waals surface area contributed by atoms with Crippen molar-refractivity contribution in [2.24, 2.45) is 22.7 Å². The highest BCUT2D eigenvalue weighted by Gasteiger charge is 2.35. The molecule has 3 atom stereocenters. The average molecular weight is 251 g/mol. The third-order valence-electron chi connectivity index (χ3n) is 4.12. The molecule has 0 radical (unpaired) electrons. The molecule has 3 heteroatoms. The molecule has 1 aliphatic heterocycles. The van der Waals surface area contributed by atoms with E-state index in [0.29, 0.717) is 6.04 Å². The Kier molecular flexibility index (Phi) is 4.52. The Labute approximate surface area is 112 Å². The molecular formula is C15H29N3. The van der Waals surface area contributed by atoms with Gasteiger partial charge < -0.3 is 10.2 Å². The number of nitrogens with one attached hydrogen (secondary N) is 1. The highest BCUT2D eigenvalue weighted by atomic mass is 15.3. The van der Waals surface area contributed by atoms with E-state index in [-0.39, 0.29) is 0 Å². The zero-order valence-corrected chi connectivity index (χ0v) is 12.4. The van der Waals surface area contributed by atoms with Gasteiger partial charge in [0.2, 0.25) is 0 Å². The molecule has 1 heterocycles. The van der Waals surface area contributed by atoms with Crippen molar-refractivity contribution < 1.29 is 0 Å². The first-order chi connectivity index (χ1) is 8.60. The van der Waals surface area contributed by atoms with Gasteiger partial charge in [-0.3, -0.25) is 4.99 Å². The number of likely N-dealkylation sites (tertiary alicyclic amines) is 1. The second-order valence-corrected chi connectivity index (χ2v) is 6.49. The van der Waals surface area contributed by atoms with Gasteiger partial charge in [0.25, 0.3) is 0 Å². The predicted octanol–water partition coefficient (Wildman–Crippen LogP) is 2.73. The summed E-state index contributed by atoms with van der Waals surface area (Å²) < 4.78 is 0. The molecule has 3 unspecified atom stereocenters. The van der Waals surface area contributed by atoms with Gasteiger partial charge in [0, 0.05) is 25.7 Å². The monoisotopic (exact) mass is 251 g/mol. The SMILES string of the molecule is CCN=C(NC1CC1C)N1CCC(CC(C)C)C1. The Morgan fingerprint density at radius 2 is 2.17 bits per heavy atom. The van der Waals surface area contributed by atoms with Crippen LogP contribution in [0.4, 0.5) is 0 Å². The van der Waals surface area contributed by atoms with Gasteiger partial charge in [-0.05, 0) is 43.9 Å². The third kappa shape index (κ3) is 3.63. The summed E-state index contributed by atoms with van der Waals surface area (Å²) in [5, 5.41) is 3.63. The van der Waals surface area contributed by atoms with Gasteiger partial charge in [0.05, 0.1) is 0 Å². The summed E-state index contributed by atoms with van der Waals surface area (Å²) in [6.45, 7) is 12.4. The van der Waals surface area contributed by atoms with E-state index in [1.165, 1.54) is 32.4 Å². The molecule has 0 aromatic carbocycles. The Morgan fingerprint density at radius 1 is 1.44 bits per heavy atom. The maximum absolute atomic E-state index is 4.67. The quantitative estimate of drug-likeness (QED) is 0.614. The summed E-state index contributed by atoms with van der Waals surface area (Å²) in [5.74, 6) is 3.68. The lowest BCUT2D eigenvalue weighted by molar-refractivity contribution is 0.402. The molecule has 18 heavy (non-hydrogen) atoms. The van der Waals surface area contributed by atoms with Crippen LogP contribution in [-0.2, 0) is 0 Å². The lowest BCUT2D eigenvalue weighted by Gasteiger charge is -2.22. The van der Waals surface area contributed by atoms with Gasteiger partial charge in [-0.15, -0.1) is 0 Å². The summed E-state index contributed by atoms with van der Waals surface area (Å²) in [5.41, 5.74) is 0. The molecule has 0 amide bonds. The number of nitrogens with zero attached hydrogens (tertiary/aromatic N) is 2. The molecule has 2 fully saturated rings. The van der Waals surface area contributed by atoms with Gasteiger partial charge in [-0.25, -0.2) is 0 Å². The number of guanidine groups is 1. The van der Waals surface area contributed by atoms with Crippen LogP contribution in [0.5, 0.6) is 0 Å². The van der Waals surface area contributed by atoms with Crippen LogP contribution in [-0.4, -0.2) is 36.5 Å². The Morgan fingerprint density at radius 3 is 2.72 bits per heavy atom. The van der Waals surface area contributed by atoms with Gasteiger partial charge in [-0.1, -0.05) is 20.8 Å². The number of hydrogen-bond acceptors (Lipinski definition) is 1. The second kappa shape index (κ2) is 5.94. The molecule has 0 aromatic rings. The zero-order chi connectivity index (χ0) is 13.1. The smallest absolute Gasteiger partial charge is 0.194 e. The van der Waals surface area contributed by atoms with Gasteiger partial charge in [0.1, 0.15) is 0 Å². The highest BCUT2D eigenvalue weighted by Crippen LogP contribution is 2.30. The van der Waals surface area contributed by atoms with Gasteiger partial charge in [-0.2, -0.15) is 0 Å². The number of aliphatic imine (C=N–C) groups is 1. The van der Waals surface area contributed by atoms with Crippen LogP contribution in [0, 0.1) is 17.8 Å². The Bertz CT molecular complexity index is 298. The van der Waals surface area contributed by atoms with Crippen molar-refractivity contribution in [1.29, 1.82) is 0 Å². The molecular weight excluding hydrogens is 222 g/mol. The van der Waals surface area contributed by atoms with E-state index in [1.807, 2.05) is 0 Å². The summed E-state index contributed by atoms with van der Waals surface area (Å²) in [4.78, 5) is 7.14. The van der Waals surface area contributed by atoms with E-state index in [2.05, 4.69) is 42.9 Å². The van der Waals surface area contributed by atoms with Crippen LogP contribution in [0.25, 0.3) is 0 Å². The predicted molar refractivity (Wildman–Crippen MR) is 77.8 cm³/mol. The fourth-order valence-electron chi connectivity index (χ4n) is 2.96. The zero-order valence-electron chi connectivity index (χ0n) is 12.4. The third-order valence-corrected chi connectivity index (χ3v) is 4.12. The van der Waals surface area contributed by atoms with E-state index in [1.54, 1.807) is 0 Å². The first kappa shape index (κ1) is 13.7. The Hall–Kier alpha value is -0.730. The number of rotatable bonds is 4. The van der Waals surface area contributed by atoms with Crippen molar-refractivity contribution in [1.82, 2.24) is 10.2 Å². The first-order valence-electron chi connectivity index (χ1n) is 7.66. The largest absolute Gasteiger partial charge is 0.353 e. The molecule has 1 aliphatic carbocycles. The van der Waals surface area contributed by atoms with Crippen molar-refractivity contribution in [3.63, 3.8) is 0 Å². The fraction of sp³-hybridized carbons (Fsp3) is 0.933. The summed E-state index contributed by atoms with van der Waals surface area (Å²) in [6.07, 6.45) is 4.00. The molecule has 1 saturated heterocycles. The average Bonchev–Trinajstić information content (AvgIpc) is 2.80. The van der Waals surface area contributed by atoms with Crippen molar-refractivity contribution in [3.05, 3.63) is 0 Å². The van der Waals surface area contributed by atoms with Gasteiger partial charge >= 0.3 is 0 Å². The maximum atomic E-state index is 4.67. The Balaban J connectivity index is 1.86. The lowest BCUT2D eigenvalue weighted by Crippen LogP contribution is -2.41. The number of hydrogen-bond donors (Lipinski definition) is 1. The highest BCUT2D eigenvalue weighted by molar-refractivity contribution is 5.81. The summed E-state index contributed by atoms with van der Waals surface area (Å²) in [6, 6.07) is 0.680. The van der Waals surface area contributed by atoms with E-state index >= 15 is 0 Å². The summed E-state index contributed by atoms with van der Waals surface area (Å²) in [7, 11) is 0. The van der Waals surface area contributed by atoms with Crippen molar-refractivity contribution in [2.75, 3.05) is 19.6 Å². The fourth-order valence-corrected chi connectivity index (χ4v) is 2.96. The molecule has 0 bridgehead atoms. The maximum Gasteiger partial charge on any atom is 0.194 e. The molecule has 0 spiro atoms. The van der Waals surface area contributed by atoms with Crippen molar-refractivity contribution in [3.8, 4) is 0 Å². The molecule has 2 aliphatic rings. The van der Waals surface area contributed by atoms with E-state index < -0.39 is 0 Å². The van der Waals surface area contributed by atoms with Crippen LogP contribution in [0.15, 0.2) is 4.99 Å². The molecule has 2 rings (SSSR count). The first-order valence-corrected chi connectivity index (χ1v) is 7.66. The van der Waals surface area contributed by atoms with Crippen molar-refractivity contribution >= 4 is 5.96 Å². The normalized spacial score (nSPS) is 32.2. The van der Waals surface area contributed by atoms with Crippen LogP contribution in [0.3, 0.4) is 0 Å². The molecule has 104 valence electrons. The minimum atomic E-state index is 0.680. The minimum Gasteiger partial charge on any atom is -0.353 e. The van der Waals surface area contributed by atoms with Crippen molar-refractivity contribution in [2.45, 2.75) is 53.0 Å².